The molecule has 4 nitrogen and oxygen atoms in total. The molecule has 1 aromatic carbocycles. The van der Waals surface area contributed by atoms with E-state index in [1.54, 1.807) is 6.20 Å². The summed E-state index contributed by atoms with van der Waals surface area (Å²) in [5.74, 6) is 0. The Kier molecular flexibility index (Phi) is 4.02. The molecule has 0 bridgehead atoms. The van der Waals surface area contributed by atoms with Crippen molar-refractivity contribution in [2.75, 3.05) is 23.3 Å². The van der Waals surface area contributed by atoms with E-state index in [-0.39, 0.29) is 0 Å². The van der Waals surface area contributed by atoms with E-state index in [2.05, 4.69) is 45.5 Å². The van der Waals surface area contributed by atoms with Crippen LogP contribution in [0.25, 0.3) is 0 Å². The lowest BCUT2D eigenvalue weighted by Crippen LogP contribution is -2.29. The molecule has 21 heavy (non-hydrogen) atoms. The predicted molar refractivity (Wildman–Crippen MR) is 84.7 cm³/mol. The molecule has 0 saturated carbocycles. The Bertz CT molecular complexity index is 637. The molecule has 2 heterocycles. The van der Waals surface area contributed by atoms with Gasteiger partial charge in [-0.15, -0.1) is 0 Å². The topological polar surface area (TPSA) is 52.0 Å². The first-order valence-electron chi connectivity index (χ1n) is 7.34. The van der Waals surface area contributed by atoms with Gasteiger partial charge in [-0.1, -0.05) is 0 Å². The maximum absolute atomic E-state index is 9.05. The highest BCUT2D eigenvalue weighted by molar-refractivity contribution is 5.66. The third-order valence-electron chi connectivity index (χ3n) is 3.78. The lowest BCUT2D eigenvalue weighted by atomic mass is 10.1. The number of piperidine rings is 1. The Hall–Kier alpha value is -2.54. The smallest absolute Gasteiger partial charge is 0.163 e. The number of nitrogens with zero attached hydrogens (tertiary/aromatic N) is 3. The monoisotopic (exact) mass is 278 g/mol. The second-order valence-electron chi connectivity index (χ2n) is 5.23. The highest BCUT2D eigenvalue weighted by Crippen LogP contribution is 2.24. The Balaban J connectivity index is 1.74. The summed E-state index contributed by atoms with van der Waals surface area (Å²) in [7, 11) is 0. The molecule has 3 rings (SSSR count). The van der Waals surface area contributed by atoms with E-state index in [1.165, 1.54) is 24.9 Å². The van der Waals surface area contributed by atoms with Crippen LogP contribution in [0.5, 0.6) is 0 Å². The van der Waals surface area contributed by atoms with Crippen molar-refractivity contribution in [1.29, 1.82) is 5.26 Å². The number of rotatable bonds is 3. The Morgan fingerprint density at radius 1 is 1.05 bits per heavy atom. The summed E-state index contributed by atoms with van der Waals surface area (Å²) >= 11 is 0. The molecule has 0 spiro atoms. The number of nitriles is 1. The van der Waals surface area contributed by atoms with Gasteiger partial charge in [0.1, 0.15) is 6.07 Å². The summed E-state index contributed by atoms with van der Waals surface area (Å²) in [6.07, 6.45) is 5.53. The lowest BCUT2D eigenvalue weighted by molar-refractivity contribution is 0.578. The third kappa shape index (κ3) is 3.14. The van der Waals surface area contributed by atoms with Gasteiger partial charge in [0.2, 0.25) is 0 Å². The maximum Gasteiger partial charge on any atom is 0.163 e. The quantitative estimate of drug-likeness (QED) is 0.930. The SMILES string of the molecule is N#Cc1ncccc1Nc1ccc(N2CCCCC2)cc1. The number of hydrogen-bond acceptors (Lipinski definition) is 4. The van der Waals surface area contributed by atoms with Gasteiger partial charge in [-0.2, -0.15) is 5.26 Å². The fraction of sp³-hybridized carbons (Fsp3) is 0.294. The standard InChI is InChI=1S/C17H18N4/c18-13-17-16(5-4-10-19-17)20-14-6-8-15(9-7-14)21-11-2-1-3-12-21/h4-10,20H,1-3,11-12H2. The number of hydrogen-bond donors (Lipinski definition) is 1. The molecule has 4 heteroatoms. The summed E-state index contributed by atoms with van der Waals surface area (Å²) in [6, 6.07) is 14.2. The number of nitrogens with one attached hydrogen (secondary N) is 1. The molecule has 1 aliphatic rings. The van der Waals surface area contributed by atoms with Crippen LogP contribution < -0.4 is 10.2 Å². The molecule has 0 amide bonds. The average molecular weight is 278 g/mol. The first kappa shape index (κ1) is 13.4. The molecular weight excluding hydrogens is 260 g/mol. The zero-order valence-corrected chi connectivity index (χ0v) is 11.9. The minimum Gasteiger partial charge on any atom is -0.372 e. The van der Waals surface area contributed by atoms with Crippen molar-refractivity contribution in [2.24, 2.45) is 0 Å². The predicted octanol–water partition coefficient (Wildman–Crippen LogP) is 3.69. The van der Waals surface area contributed by atoms with E-state index in [0.29, 0.717) is 5.69 Å². The Morgan fingerprint density at radius 2 is 1.81 bits per heavy atom. The number of anilines is 3. The number of aromatic nitrogens is 1. The lowest BCUT2D eigenvalue weighted by Gasteiger charge is -2.28. The Morgan fingerprint density at radius 3 is 2.52 bits per heavy atom. The van der Waals surface area contributed by atoms with Gasteiger partial charge in [-0.25, -0.2) is 4.98 Å². The maximum atomic E-state index is 9.05. The molecule has 106 valence electrons. The first-order valence-corrected chi connectivity index (χ1v) is 7.34. The van der Waals surface area contributed by atoms with Crippen molar-refractivity contribution in [1.82, 2.24) is 4.98 Å². The highest BCUT2D eigenvalue weighted by Gasteiger charge is 2.10. The van der Waals surface area contributed by atoms with E-state index in [9.17, 15) is 0 Å². The fourth-order valence-corrected chi connectivity index (χ4v) is 2.66. The van der Waals surface area contributed by atoms with Crippen LogP contribution in [0.3, 0.4) is 0 Å². The van der Waals surface area contributed by atoms with Gasteiger partial charge in [0.25, 0.3) is 0 Å². The second kappa shape index (κ2) is 6.27. The van der Waals surface area contributed by atoms with Gasteiger partial charge in [0, 0.05) is 30.7 Å². The molecule has 1 aromatic heterocycles. The van der Waals surface area contributed by atoms with Crippen LogP contribution in [-0.2, 0) is 0 Å². The van der Waals surface area contributed by atoms with Gasteiger partial charge < -0.3 is 10.2 Å². The van der Waals surface area contributed by atoms with Crippen LogP contribution >= 0.6 is 0 Å². The molecular formula is C17H18N4. The van der Waals surface area contributed by atoms with Crippen LogP contribution in [0.4, 0.5) is 17.1 Å². The molecule has 0 aliphatic carbocycles. The van der Waals surface area contributed by atoms with Crippen LogP contribution in [0.1, 0.15) is 25.0 Å². The van der Waals surface area contributed by atoms with Gasteiger partial charge in [-0.05, 0) is 55.7 Å². The Labute approximate surface area is 125 Å². The molecule has 1 aliphatic heterocycles. The van der Waals surface area contributed by atoms with Crippen molar-refractivity contribution in [3.8, 4) is 6.07 Å². The van der Waals surface area contributed by atoms with Crippen LogP contribution in [0.2, 0.25) is 0 Å². The minimum atomic E-state index is 0.414. The number of pyridine rings is 1. The van der Waals surface area contributed by atoms with E-state index >= 15 is 0 Å². The summed E-state index contributed by atoms with van der Waals surface area (Å²) in [4.78, 5) is 6.48. The van der Waals surface area contributed by atoms with Crippen molar-refractivity contribution in [2.45, 2.75) is 19.3 Å². The fourth-order valence-electron chi connectivity index (χ4n) is 2.66. The highest BCUT2D eigenvalue weighted by atomic mass is 15.1. The summed E-state index contributed by atoms with van der Waals surface area (Å²) in [5, 5.41) is 12.3. The summed E-state index contributed by atoms with van der Waals surface area (Å²) < 4.78 is 0. The molecule has 0 unspecified atom stereocenters. The van der Waals surface area contributed by atoms with Gasteiger partial charge >= 0.3 is 0 Å². The van der Waals surface area contributed by atoms with Gasteiger partial charge in [-0.3, -0.25) is 0 Å². The molecule has 1 N–H and O–H groups in total. The van der Waals surface area contributed by atoms with Crippen molar-refractivity contribution in [3.63, 3.8) is 0 Å². The molecule has 0 radical (unpaired) electrons. The molecule has 1 saturated heterocycles. The van der Waals surface area contributed by atoms with Gasteiger partial charge in [0.15, 0.2) is 5.69 Å². The normalized spacial score (nSPS) is 14.5. The van der Waals surface area contributed by atoms with E-state index in [0.717, 1.165) is 24.5 Å². The largest absolute Gasteiger partial charge is 0.372 e. The van der Waals surface area contributed by atoms with Crippen molar-refractivity contribution in [3.05, 3.63) is 48.3 Å². The van der Waals surface area contributed by atoms with E-state index in [1.807, 2.05) is 12.1 Å². The van der Waals surface area contributed by atoms with Gasteiger partial charge in [0.05, 0.1) is 5.69 Å². The molecule has 0 atom stereocenters. The zero-order chi connectivity index (χ0) is 14.5. The van der Waals surface area contributed by atoms with Crippen LogP contribution in [0, 0.1) is 11.3 Å². The zero-order valence-electron chi connectivity index (χ0n) is 11.9. The number of benzene rings is 1. The van der Waals surface area contributed by atoms with Crippen LogP contribution in [-0.4, -0.2) is 18.1 Å². The molecule has 2 aromatic rings. The molecule has 1 fully saturated rings. The van der Waals surface area contributed by atoms with E-state index in [4.69, 9.17) is 5.26 Å². The van der Waals surface area contributed by atoms with Crippen molar-refractivity contribution < 1.29 is 0 Å². The van der Waals surface area contributed by atoms with Crippen LogP contribution in [0.15, 0.2) is 42.6 Å². The summed E-state index contributed by atoms with van der Waals surface area (Å²) in [5.41, 5.74) is 3.40. The minimum absolute atomic E-state index is 0.414. The second-order valence-corrected chi connectivity index (χ2v) is 5.23. The van der Waals surface area contributed by atoms with E-state index < -0.39 is 0 Å². The van der Waals surface area contributed by atoms with Crippen molar-refractivity contribution >= 4 is 17.1 Å². The third-order valence-corrected chi connectivity index (χ3v) is 3.78. The summed E-state index contributed by atoms with van der Waals surface area (Å²) in [6.45, 7) is 2.29. The average Bonchev–Trinajstić information content (AvgIpc) is 2.57. The first-order chi connectivity index (χ1) is 10.4.